The molecule has 0 heterocycles. The lowest BCUT2D eigenvalue weighted by Crippen LogP contribution is -2.28. The Kier molecular flexibility index (Phi) is 6.34. The first-order valence-electron chi connectivity index (χ1n) is 7.22. The number of amides is 1. The Hall–Kier alpha value is -1.45. The second-order valence-electron chi connectivity index (χ2n) is 5.33. The number of nitrogens with one attached hydrogen (secondary N) is 1. The predicted octanol–water partition coefficient (Wildman–Crippen LogP) is 4.76. The number of benzene rings is 2. The third kappa shape index (κ3) is 5.39. The average molecular weight is 334 g/mol. The normalized spacial score (nSPS) is 12.0. The van der Waals surface area contributed by atoms with Crippen LogP contribution < -0.4 is 5.32 Å². The molecule has 1 atom stereocenters. The molecule has 0 radical (unpaired) electrons. The van der Waals surface area contributed by atoms with E-state index in [4.69, 9.17) is 11.6 Å². The second-order valence-corrected chi connectivity index (χ2v) is 6.75. The van der Waals surface area contributed by atoms with Crippen molar-refractivity contribution in [3.05, 3.63) is 70.2 Å². The van der Waals surface area contributed by atoms with Crippen LogP contribution in [0.2, 0.25) is 5.02 Å². The fourth-order valence-electron chi connectivity index (χ4n) is 2.21. The lowest BCUT2D eigenvalue weighted by Gasteiger charge is -2.14. The molecule has 22 heavy (non-hydrogen) atoms. The van der Waals surface area contributed by atoms with Crippen LogP contribution in [0, 0.1) is 6.92 Å². The van der Waals surface area contributed by atoms with Gasteiger partial charge < -0.3 is 5.32 Å². The van der Waals surface area contributed by atoms with E-state index in [0.29, 0.717) is 10.8 Å². The van der Waals surface area contributed by atoms with Gasteiger partial charge in [-0.2, -0.15) is 0 Å². The molecular formula is C18H20ClNOS. The number of halogens is 1. The third-order valence-electron chi connectivity index (χ3n) is 3.31. The van der Waals surface area contributed by atoms with Crippen LogP contribution in [0.15, 0.2) is 48.5 Å². The molecule has 0 fully saturated rings. The van der Waals surface area contributed by atoms with E-state index in [-0.39, 0.29) is 11.9 Å². The number of carbonyl (C=O) groups is 1. The summed E-state index contributed by atoms with van der Waals surface area (Å²) in [6, 6.07) is 15.9. The van der Waals surface area contributed by atoms with Gasteiger partial charge in [0.05, 0.1) is 11.8 Å². The zero-order valence-electron chi connectivity index (χ0n) is 12.8. The molecule has 4 heteroatoms. The van der Waals surface area contributed by atoms with Crippen LogP contribution in [0.5, 0.6) is 0 Å². The first-order valence-corrected chi connectivity index (χ1v) is 8.76. The number of hydrogen-bond acceptors (Lipinski definition) is 2. The van der Waals surface area contributed by atoms with E-state index < -0.39 is 0 Å². The van der Waals surface area contributed by atoms with Crippen molar-refractivity contribution in [1.29, 1.82) is 0 Å². The molecule has 0 saturated heterocycles. The summed E-state index contributed by atoms with van der Waals surface area (Å²) >= 11 is 7.60. The van der Waals surface area contributed by atoms with Crippen molar-refractivity contribution in [3.8, 4) is 0 Å². The molecule has 2 rings (SSSR count). The van der Waals surface area contributed by atoms with E-state index in [2.05, 4.69) is 30.4 Å². The molecule has 2 aromatic rings. The van der Waals surface area contributed by atoms with Crippen molar-refractivity contribution in [1.82, 2.24) is 5.32 Å². The van der Waals surface area contributed by atoms with E-state index in [0.717, 1.165) is 11.3 Å². The highest BCUT2D eigenvalue weighted by atomic mass is 35.5. The second kappa shape index (κ2) is 8.25. The van der Waals surface area contributed by atoms with Gasteiger partial charge in [0.15, 0.2) is 0 Å². The summed E-state index contributed by atoms with van der Waals surface area (Å²) in [6.07, 6.45) is 0. The maximum absolute atomic E-state index is 12.0. The van der Waals surface area contributed by atoms with Gasteiger partial charge in [-0.25, -0.2) is 0 Å². The number of rotatable bonds is 6. The van der Waals surface area contributed by atoms with Gasteiger partial charge in [0, 0.05) is 10.8 Å². The average Bonchev–Trinajstić information content (AvgIpc) is 2.47. The highest BCUT2D eigenvalue weighted by molar-refractivity contribution is 7.99. The van der Waals surface area contributed by atoms with E-state index in [1.807, 2.05) is 37.3 Å². The minimum Gasteiger partial charge on any atom is -0.349 e. The van der Waals surface area contributed by atoms with Crippen molar-refractivity contribution in [2.45, 2.75) is 25.6 Å². The summed E-state index contributed by atoms with van der Waals surface area (Å²) in [7, 11) is 0. The lowest BCUT2D eigenvalue weighted by atomic mass is 10.1. The van der Waals surface area contributed by atoms with Gasteiger partial charge in [-0.1, -0.05) is 53.6 Å². The standard InChI is InChI=1S/C18H20ClNOS/c1-13-5-3-6-15(9-13)11-22-12-18(21)20-14(2)16-7-4-8-17(19)10-16/h3-10,14H,11-12H2,1-2H3,(H,20,21)/t14-/m0/s1. The molecule has 2 aromatic carbocycles. The Morgan fingerprint density at radius 3 is 2.73 bits per heavy atom. The summed E-state index contributed by atoms with van der Waals surface area (Å²) in [5, 5.41) is 3.69. The van der Waals surface area contributed by atoms with Gasteiger partial charge in [0.1, 0.15) is 0 Å². The van der Waals surface area contributed by atoms with Crippen LogP contribution in [-0.2, 0) is 10.5 Å². The maximum atomic E-state index is 12.0. The van der Waals surface area contributed by atoms with Crippen LogP contribution in [0.1, 0.15) is 29.7 Å². The SMILES string of the molecule is Cc1cccc(CSCC(=O)N[C@@H](C)c2cccc(Cl)c2)c1. The molecule has 2 nitrogen and oxygen atoms in total. The summed E-state index contributed by atoms with van der Waals surface area (Å²) < 4.78 is 0. The van der Waals surface area contributed by atoms with Crippen molar-refractivity contribution in [3.63, 3.8) is 0 Å². The van der Waals surface area contributed by atoms with E-state index >= 15 is 0 Å². The Morgan fingerprint density at radius 1 is 1.23 bits per heavy atom. The molecule has 0 aliphatic rings. The summed E-state index contributed by atoms with van der Waals surface area (Å²) in [6.45, 7) is 4.04. The zero-order valence-corrected chi connectivity index (χ0v) is 14.4. The van der Waals surface area contributed by atoms with Crippen LogP contribution in [-0.4, -0.2) is 11.7 Å². The topological polar surface area (TPSA) is 29.1 Å². The van der Waals surface area contributed by atoms with Crippen molar-refractivity contribution in [2.24, 2.45) is 0 Å². The lowest BCUT2D eigenvalue weighted by molar-refractivity contribution is -0.119. The molecule has 0 spiro atoms. The van der Waals surface area contributed by atoms with E-state index in [1.165, 1.54) is 11.1 Å². The van der Waals surface area contributed by atoms with Crippen molar-refractivity contribution in [2.75, 3.05) is 5.75 Å². The summed E-state index contributed by atoms with van der Waals surface area (Å²) in [5.41, 5.74) is 3.52. The Bertz CT molecular complexity index is 644. The van der Waals surface area contributed by atoms with Gasteiger partial charge in [-0.3, -0.25) is 4.79 Å². The highest BCUT2D eigenvalue weighted by Crippen LogP contribution is 2.18. The first-order chi connectivity index (χ1) is 10.5. The number of aryl methyl sites for hydroxylation is 1. The Labute approximate surface area is 141 Å². The maximum Gasteiger partial charge on any atom is 0.230 e. The van der Waals surface area contributed by atoms with Crippen LogP contribution in [0.4, 0.5) is 0 Å². The number of hydrogen-bond donors (Lipinski definition) is 1. The molecule has 0 aliphatic heterocycles. The molecule has 0 aliphatic carbocycles. The summed E-state index contributed by atoms with van der Waals surface area (Å²) in [5.74, 6) is 1.35. The van der Waals surface area contributed by atoms with E-state index in [9.17, 15) is 4.79 Å². The van der Waals surface area contributed by atoms with E-state index in [1.54, 1.807) is 11.8 Å². The molecule has 0 unspecified atom stereocenters. The Morgan fingerprint density at radius 2 is 2.00 bits per heavy atom. The highest BCUT2D eigenvalue weighted by Gasteiger charge is 2.10. The van der Waals surface area contributed by atoms with Gasteiger partial charge in [-0.15, -0.1) is 11.8 Å². The fraction of sp³-hybridized carbons (Fsp3) is 0.278. The van der Waals surface area contributed by atoms with Crippen LogP contribution >= 0.6 is 23.4 Å². The number of carbonyl (C=O) groups excluding carboxylic acids is 1. The molecular weight excluding hydrogens is 314 g/mol. The molecule has 0 aromatic heterocycles. The zero-order chi connectivity index (χ0) is 15.9. The molecule has 116 valence electrons. The van der Waals surface area contributed by atoms with Crippen LogP contribution in [0.3, 0.4) is 0 Å². The van der Waals surface area contributed by atoms with Gasteiger partial charge in [-0.05, 0) is 37.1 Å². The Balaban J connectivity index is 1.78. The van der Waals surface area contributed by atoms with Gasteiger partial charge in [0.25, 0.3) is 0 Å². The monoisotopic (exact) mass is 333 g/mol. The van der Waals surface area contributed by atoms with Gasteiger partial charge in [0.2, 0.25) is 5.91 Å². The predicted molar refractivity (Wildman–Crippen MR) is 95.4 cm³/mol. The minimum absolute atomic E-state index is 0.0363. The van der Waals surface area contributed by atoms with Crippen molar-refractivity contribution >= 4 is 29.3 Å². The quantitative estimate of drug-likeness (QED) is 0.825. The smallest absolute Gasteiger partial charge is 0.230 e. The van der Waals surface area contributed by atoms with Gasteiger partial charge >= 0.3 is 0 Å². The molecule has 1 N–H and O–H groups in total. The first kappa shape index (κ1) is 16.9. The largest absolute Gasteiger partial charge is 0.349 e. The molecule has 0 bridgehead atoms. The molecule has 0 saturated carbocycles. The third-order valence-corrected chi connectivity index (χ3v) is 4.55. The molecule has 1 amide bonds. The summed E-state index contributed by atoms with van der Waals surface area (Å²) in [4.78, 5) is 12.0. The minimum atomic E-state index is -0.0363. The van der Waals surface area contributed by atoms with Crippen LogP contribution in [0.25, 0.3) is 0 Å². The fourth-order valence-corrected chi connectivity index (χ4v) is 3.19. The number of thioether (sulfide) groups is 1. The van der Waals surface area contributed by atoms with Crippen molar-refractivity contribution < 1.29 is 4.79 Å².